The van der Waals surface area contributed by atoms with Gasteiger partial charge in [0.15, 0.2) is 0 Å². The van der Waals surface area contributed by atoms with E-state index in [4.69, 9.17) is 4.74 Å². The van der Waals surface area contributed by atoms with Gasteiger partial charge in [0.1, 0.15) is 0 Å². The van der Waals surface area contributed by atoms with E-state index in [1.165, 1.54) is 6.42 Å². The molecule has 2 aliphatic carbocycles. The highest BCUT2D eigenvalue weighted by Crippen LogP contribution is 2.56. The van der Waals surface area contributed by atoms with Crippen LogP contribution in [0.25, 0.3) is 0 Å². The Bertz CT molecular complexity index is 395. The molecule has 2 nitrogen and oxygen atoms in total. The summed E-state index contributed by atoms with van der Waals surface area (Å²) in [5.74, 6) is 2.97. The maximum atomic E-state index is 10.8. The quantitative estimate of drug-likeness (QED) is 0.830. The smallest absolute Gasteiger partial charge is 0.0642 e. The van der Waals surface area contributed by atoms with Crippen molar-refractivity contribution in [2.24, 2.45) is 40.4 Å². The molecule has 0 amide bonds. The fraction of sp³-hybridized carbons (Fsp3) is 1.00. The molecule has 1 saturated heterocycles. The van der Waals surface area contributed by atoms with Gasteiger partial charge in [-0.15, -0.1) is 0 Å². The molecule has 21 heavy (non-hydrogen) atoms. The van der Waals surface area contributed by atoms with Crippen molar-refractivity contribution in [3.05, 3.63) is 0 Å². The molecule has 0 radical (unpaired) electrons. The van der Waals surface area contributed by atoms with Gasteiger partial charge in [0.25, 0.3) is 0 Å². The van der Waals surface area contributed by atoms with Crippen LogP contribution in [0, 0.1) is 40.4 Å². The summed E-state index contributed by atoms with van der Waals surface area (Å²) in [6, 6.07) is 0. The zero-order valence-electron chi connectivity index (χ0n) is 14.7. The van der Waals surface area contributed by atoms with E-state index in [1.807, 2.05) is 0 Å². The Morgan fingerprint density at radius 2 is 1.76 bits per heavy atom. The molecule has 0 aromatic carbocycles. The van der Waals surface area contributed by atoms with E-state index in [1.54, 1.807) is 0 Å². The van der Waals surface area contributed by atoms with Crippen LogP contribution in [0.1, 0.15) is 60.8 Å². The van der Waals surface area contributed by atoms with Gasteiger partial charge in [0, 0.05) is 0 Å². The van der Waals surface area contributed by atoms with Gasteiger partial charge in [-0.3, -0.25) is 0 Å². The molecule has 1 N–H and O–H groups in total. The van der Waals surface area contributed by atoms with Crippen molar-refractivity contribution < 1.29 is 9.84 Å². The molecule has 3 fully saturated rings. The molecule has 0 bridgehead atoms. The van der Waals surface area contributed by atoms with Crippen LogP contribution in [0.4, 0.5) is 0 Å². The van der Waals surface area contributed by atoms with Crippen LogP contribution >= 0.6 is 0 Å². The number of hydrogen-bond acceptors (Lipinski definition) is 2. The zero-order chi connectivity index (χ0) is 15.6. The van der Waals surface area contributed by atoms with Crippen LogP contribution in [-0.2, 0) is 4.74 Å². The average Bonchev–Trinajstić information content (AvgIpc) is 3.02. The van der Waals surface area contributed by atoms with Gasteiger partial charge < -0.3 is 9.84 Å². The van der Waals surface area contributed by atoms with E-state index in [9.17, 15) is 5.11 Å². The summed E-state index contributed by atoms with van der Waals surface area (Å²) < 4.78 is 6.25. The molecule has 3 rings (SSSR count). The molecular weight excluding hydrogens is 260 g/mol. The number of aliphatic hydroxyl groups excluding tert-OH is 1. The highest BCUT2D eigenvalue weighted by molar-refractivity contribution is 5.04. The van der Waals surface area contributed by atoms with Crippen molar-refractivity contribution in [2.75, 3.05) is 6.61 Å². The zero-order valence-corrected chi connectivity index (χ0v) is 14.7. The van der Waals surface area contributed by atoms with Crippen molar-refractivity contribution in [2.45, 2.75) is 73.0 Å². The minimum Gasteiger partial charge on any atom is -0.393 e. The number of hydrogen-bond donors (Lipinski definition) is 1. The molecule has 6 unspecified atom stereocenters. The largest absolute Gasteiger partial charge is 0.393 e. The van der Waals surface area contributed by atoms with E-state index in [2.05, 4.69) is 41.5 Å². The SMILES string of the molecule is CC1CC1C(O)[C@H]1CC(C(C)(C)C)C2OCC(C)(C)C2C1. The molecule has 2 heteroatoms. The van der Waals surface area contributed by atoms with Crippen molar-refractivity contribution in [3.63, 3.8) is 0 Å². The molecule has 0 spiro atoms. The maximum absolute atomic E-state index is 10.8. The summed E-state index contributed by atoms with van der Waals surface area (Å²) in [4.78, 5) is 0. The minimum absolute atomic E-state index is 0.0813. The summed E-state index contributed by atoms with van der Waals surface area (Å²) in [7, 11) is 0. The number of ether oxygens (including phenoxy) is 1. The highest BCUT2D eigenvalue weighted by Gasteiger charge is 2.55. The average molecular weight is 294 g/mol. The minimum atomic E-state index is -0.0813. The normalized spacial score (nSPS) is 47.0. The molecule has 1 heterocycles. The Hall–Kier alpha value is -0.0800. The Labute approximate surface area is 130 Å². The Balaban J connectivity index is 1.82. The van der Waals surface area contributed by atoms with Crippen LogP contribution in [0.3, 0.4) is 0 Å². The lowest BCUT2D eigenvalue weighted by atomic mass is 9.58. The fourth-order valence-electron chi connectivity index (χ4n) is 5.01. The summed E-state index contributed by atoms with van der Waals surface area (Å²) in [5, 5.41) is 10.8. The van der Waals surface area contributed by atoms with Gasteiger partial charge in [0.05, 0.1) is 18.8 Å². The van der Waals surface area contributed by atoms with E-state index in [0.717, 1.165) is 25.4 Å². The second kappa shape index (κ2) is 4.96. The van der Waals surface area contributed by atoms with Gasteiger partial charge >= 0.3 is 0 Å². The third-order valence-electron chi connectivity index (χ3n) is 6.76. The summed E-state index contributed by atoms with van der Waals surface area (Å²) in [6.07, 6.45) is 3.85. The molecule has 3 aliphatic rings. The van der Waals surface area contributed by atoms with Crippen molar-refractivity contribution in [1.29, 1.82) is 0 Å². The van der Waals surface area contributed by atoms with Crippen molar-refractivity contribution in [1.82, 2.24) is 0 Å². The van der Waals surface area contributed by atoms with E-state index in [0.29, 0.717) is 29.8 Å². The van der Waals surface area contributed by atoms with Crippen LogP contribution in [0.2, 0.25) is 0 Å². The second-order valence-electron chi connectivity index (χ2n) is 9.94. The van der Waals surface area contributed by atoms with Gasteiger partial charge in [0.2, 0.25) is 0 Å². The first kappa shape index (κ1) is 15.8. The number of fused-ring (bicyclic) bond motifs is 1. The van der Waals surface area contributed by atoms with Gasteiger partial charge in [-0.05, 0) is 59.7 Å². The van der Waals surface area contributed by atoms with E-state index < -0.39 is 0 Å². The Morgan fingerprint density at radius 3 is 2.29 bits per heavy atom. The van der Waals surface area contributed by atoms with Gasteiger partial charge in [-0.25, -0.2) is 0 Å². The first-order valence-electron chi connectivity index (χ1n) is 8.91. The fourth-order valence-corrected chi connectivity index (χ4v) is 5.01. The van der Waals surface area contributed by atoms with Gasteiger partial charge in [-0.2, -0.15) is 0 Å². The van der Waals surface area contributed by atoms with Gasteiger partial charge in [-0.1, -0.05) is 41.5 Å². The van der Waals surface area contributed by atoms with Crippen LogP contribution in [0.15, 0.2) is 0 Å². The van der Waals surface area contributed by atoms with E-state index >= 15 is 0 Å². The first-order valence-corrected chi connectivity index (χ1v) is 8.91. The van der Waals surface area contributed by atoms with Crippen molar-refractivity contribution >= 4 is 0 Å². The van der Waals surface area contributed by atoms with Crippen LogP contribution < -0.4 is 0 Å². The second-order valence-corrected chi connectivity index (χ2v) is 9.94. The molecular formula is C19H34O2. The Kier molecular flexibility index (Phi) is 3.73. The predicted molar refractivity (Wildman–Crippen MR) is 86.0 cm³/mol. The number of aliphatic hydroxyl groups is 1. The summed E-state index contributed by atoms with van der Waals surface area (Å²) in [6.45, 7) is 14.9. The van der Waals surface area contributed by atoms with Crippen LogP contribution in [0.5, 0.6) is 0 Å². The summed E-state index contributed by atoms with van der Waals surface area (Å²) in [5.41, 5.74) is 0.526. The van der Waals surface area contributed by atoms with E-state index in [-0.39, 0.29) is 16.9 Å². The Morgan fingerprint density at radius 1 is 1.14 bits per heavy atom. The molecule has 2 saturated carbocycles. The van der Waals surface area contributed by atoms with Crippen LogP contribution in [-0.4, -0.2) is 23.9 Å². The third-order valence-corrected chi connectivity index (χ3v) is 6.76. The predicted octanol–water partition coefficient (Wildman–Crippen LogP) is 4.12. The van der Waals surface area contributed by atoms with Crippen molar-refractivity contribution in [3.8, 4) is 0 Å². The molecule has 0 aromatic heterocycles. The lowest BCUT2D eigenvalue weighted by molar-refractivity contribution is -0.0702. The summed E-state index contributed by atoms with van der Waals surface area (Å²) >= 11 is 0. The maximum Gasteiger partial charge on any atom is 0.0642 e. The third kappa shape index (κ3) is 2.79. The monoisotopic (exact) mass is 294 g/mol. The highest BCUT2D eigenvalue weighted by atomic mass is 16.5. The standard InChI is InChI=1S/C19H34O2/c1-11-7-13(11)16(20)12-8-14(18(2,3)4)17-15(9-12)19(5,6)10-21-17/h11-17,20H,7-10H2,1-6H3/t11?,12-,13?,14?,15?,16?,17?/m0/s1. The molecule has 1 aliphatic heterocycles. The lowest BCUT2D eigenvalue weighted by Gasteiger charge is -2.47. The molecule has 0 aromatic rings. The molecule has 7 atom stereocenters. The topological polar surface area (TPSA) is 29.5 Å². The molecule has 122 valence electrons. The lowest BCUT2D eigenvalue weighted by Crippen LogP contribution is -2.47. The first-order chi connectivity index (χ1) is 9.61. The number of rotatable bonds is 2.